The van der Waals surface area contributed by atoms with Crippen molar-refractivity contribution in [1.29, 1.82) is 0 Å². The molecule has 1 heterocycles. The lowest BCUT2D eigenvalue weighted by Gasteiger charge is -2.13. The Morgan fingerprint density at radius 2 is 2.36 bits per heavy atom. The van der Waals surface area contributed by atoms with Crippen LogP contribution >= 0.6 is 0 Å². The van der Waals surface area contributed by atoms with E-state index in [0.29, 0.717) is 12.0 Å². The summed E-state index contributed by atoms with van der Waals surface area (Å²) in [5.41, 5.74) is 1.41. The zero-order valence-electron chi connectivity index (χ0n) is 5.93. The van der Waals surface area contributed by atoms with E-state index in [0.717, 1.165) is 5.69 Å². The van der Waals surface area contributed by atoms with Gasteiger partial charge in [0.05, 0.1) is 0 Å². The van der Waals surface area contributed by atoms with Crippen molar-refractivity contribution in [3.63, 3.8) is 0 Å². The Morgan fingerprint density at radius 1 is 1.55 bits per heavy atom. The Balaban J connectivity index is 2.44. The average molecular weight is 153 g/mol. The van der Waals surface area contributed by atoms with Crippen molar-refractivity contribution in [2.45, 2.75) is 19.0 Å². The van der Waals surface area contributed by atoms with Gasteiger partial charge in [-0.3, -0.25) is 4.79 Å². The van der Waals surface area contributed by atoms with E-state index in [9.17, 15) is 9.18 Å². The lowest BCUT2D eigenvalue weighted by molar-refractivity contribution is 0.0932. The fourth-order valence-corrected chi connectivity index (χ4v) is 1.44. The van der Waals surface area contributed by atoms with Crippen molar-refractivity contribution >= 4 is 5.78 Å². The van der Waals surface area contributed by atoms with Crippen LogP contribution in [0, 0.1) is 0 Å². The number of Topliss-reactive ketones (excluding diaryl/α,β-unsaturated/α-hetero) is 1. The van der Waals surface area contributed by atoms with E-state index in [1.807, 2.05) is 0 Å². The molecule has 1 aliphatic carbocycles. The summed E-state index contributed by atoms with van der Waals surface area (Å²) >= 11 is 0. The molecule has 58 valence electrons. The number of rotatable bonds is 0. The topological polar surface area (TPSA) is 32.9 Å². The predicted octanol–water partition coefficient (Wildman–Crippen LogP) is 1.48. The second-order valence-electron chi connectivity index (χ2n) is 2.80. The van der Waals surface area contributed by atoms with Crippen LogP contribution < -0.4 is 0 Å². The van der Waals surface area contributed by atoms with E-state index in [4.69, 9.17) is 0 Å². The normalized spacial score (nSPS) is 23.4. The molecule has 2 nitrogen and oxygen atoms in total. The third-order valence-corrected chi connectivity index (χ3v) is 1.97. The molecule has 11 heavy (non-hydrogen) atoms. The first kappa shape index (κ1) is 6.58. The molecule has 0 aromatic carbocycles. The van der Waals surface area contributed by atoms with Crippen molar-refractivity contribution < 1.29 is 9.18 Å². The fraction of sp³-hybridized carbons (Fsp3) is 0.375. The monoisotopic (exact) mass is 153 g/mol. The highest BCUT2D eigenvalue weighted by molar-refractivity contribution is 5.98. The van der Waals surface area contributed by atoms with E-state index in [-0.39, 0.29) is 12.2 Å². The first-order chi connectivity index (χ1) is 5.27. The van der Waals surface area contributed by atoms with Crippen molar-refractivity contribution in [3.8, 4) is 0 Å². The van der Waals surface area contributed by atoms with Crippen LogP contribution in [0.2, 0.25) is 0 Å². The molecule has 1 aromatic heterocycles. The Kier molecular flexibility index (Phi) is 1.31. The second kappa shape index (κ2) is 2.19. The van der Waals surface area contributed by atoms with Crippen LogP contribution in [0.1, 0.15) is 22.5 Å². The Morgan fingerprint density at radius 3 is 3.18 bits per heavy atom. The van der Waals surface area contributed by atoms with Crippen LogP contribution in [0.3, 0.4) is 0 Å². The Hall–Kier alpha value is -1.12. The van der Waals surface area contributed by atoms with Crippen LogP contribution in [0.4, 0.5) is 4.39 Å². The minimum atomic E-state index is -0.992. The SMILES string of the molecule is O=C1CC(F)Cc2[nH]ccc21. The zero-order chi connectivity index (χ0) is 7.84. The van der Waals surface area contributed by atoms with Crippen LogP contribution in [0.25, 0.3) is 0 Å². The molecule has 1 aromatic rings. The first-order valence-corrected chi connectivity index (χ1v) is 3.61. The number of aromatic amines is 1. The van der Waals surface area contributed by atoms with Gasteiger partial charge >= 0.3 is 0 Å². The highest BCUT2D eigenvalue weighted by Gasteiger charge is 2.24. The molecular weight excluding hydrogens is 145 g/mol. The van der Waals surface area contributed by atoms with Gasteiger partial charge in [-0.2, -0.15) is 0 Å². The first-order valence-electron chi connectivity index (χ1n) is 3.61. The van der Waals surface area contributed by atoms with Crippen LogP contribution in [-0.4, -0.2) is 16.9 Å². The van der Waals surface area contributed by atoms with E-state index < -0.39 is 6.17 Å². The van der Waals surface area contributed by atoms with Gasteiger partial charge in [-0.25, -0.2) is 4.39 Å². The highest BCUT2D eigenvalue weighted by atomic mass is 19.1. The van der Waals surface area contributed by atoms with Crippen molar-refractivity contribution in [2.24, 2.45) is 0 Å². The number of hydrogen-bond donors (Lipinski definition) is 1. The molecule has 0 aliphatic heterocycles. The predicted molar refractivity (Wildman–Crippen MR) is 38.3 cm³/mol. The van der Waals surface area contributed by atoms with E-state index >= 15 is 0 Å². The lowest BCUT2D eigenvalue weighted by Crippen LogP contribution is -2.19. The van der Waals surface area contributed by atoms with Crippen molar-refractivity contribution in [2.75, 3.05) is 0 Å². The lowest BCUT2D eigenvalue weighted by atomic mass is 9.95. The second-order valence-corrected chi connectivity index (χ2v) is 2.80. The standard InChI is InChI=1S/C8H8FNO/c9-5-3-7-6(1-2-10-7)8(11)4-5/h1-2,5,10H,3-4H2. The minimum Gasteiger partial charge on any atom is -0.364 e. The maximum atomic E-state index is 12.7. The summed E-state index contributed by atoms with van der Waals surface area (Å²) in [5.74, 6) is -0.0833. The molecule has 0 saturated carbocycles. The fourth-order valence-electron chi connectivity index (χ4n) is 1.44. The molecule has 1 N–H and O–H groups in total. The number of H-pyrrole nitrogens is 1. The molecular formula is C8H8FNO. The molecule has 0 saturated heterocycles. The summed E-state index contributed by atoms with van der Waals surface area (Å²) in [7, 11) is 0. The number of halogens is 1. The molecule has 1 unspecified atom stereocenters. The maximum Gasteiger partial charge on any atom is 0.167 e. The number of carbonyl (C=O) groups is 1. The van der Waals surface area contributed by atoms with Gasteiger partial charge in [0.15, 0.2) is 5.78 Å². The van der Waals surface area contributed by atoms with Crippen LogP contribution in [0.15, 0.2) is 12.3 Å². The summed E-state index contributed by atoms with van der Waals surface area (Å²) in [6.45, 7) is 0. The molecule has 2 rings (SSSR count). The molecule has 0 radical (unpaired) electrons. The molecule has 1 atom stereocenters. The quantitative estimate of drug-likeness (QED) is 0.601. The van der Waals surface area contributed by atoms with Gasteiger partial charge in [0.2, 0.25) is 0 Å². The zero-order valence-corrected chi connectivity index (χ0v) is 5.93. The van der Waals surface area contributed by atoms with Gasteiger partial charge in [-0.05, 0) is 6.07 Å². The van der Waals surface area contributed by atoms with E-state index in [1.165, 1.54) is 0 Å². The number of nitrogens with one attached hydrogen (secondary N) is 1. The number of carbonyl (C=O) groups excluding carboxylic acids is 1. The smallest absolute Gasteiger partial charge is 0.167 e. The summed E-state index contributed by atoms with van der Waals surface area (Å²) in [6.07, 6.45) is 1.09. The summed E-state index contributed by atoms with van der Waals surface area (Å²) in [5, 5.41) is 0. The van der Waals surface area contributed by atoms with Gasteiger partial charge < -0.3 is 4.98 Å². The van der Waals surface area contributed by atoms with Gasteiger partial charge in [-0.1, -0.05) is 0 Å². The number of fused-ring (bicyclic) bond motifs is 1. The molecule has 0 fully saturated rings. The Labute approximate surface area is 63.4 Å². The van der Waals surface area contributed by atoms with Crippen molar-refractivity contribution in [3.05, 3.63) is 23.5 Å². The molecule has 3 heteroatoms. The van der Waals surface area contributed by atoms with E-state index in [1.54, 1.807) is 12.3 Å². The maximum absolute atomic E-state index is 12.7. The third-order valence-electron chi connectivity index (χ3n) is 1.97. The van der Waals surface area contributed by atoms with Gasteiger partial charge in [0.25, 0.3) is 0 Å². The van der Waals surface area contributed by atoms with Crippen LogP contribution in [0.5, 0.6) is 0 Å². The number of hydrogen-bond acceptors (Lipinski definition) is 1. The molecule has 1 aliphatic rings. The van der Waals surface area contributed by atoms with Gasteiger partial charge in [0, 0.05) is 30.3 Å². The summed E-state index contributed by atoms with van der Waals surface area (Å²) < 4.78 is 12.7. The van der Waals surface area contributed by atoms with E-state index in [2.05, 4.69) is 4.98 Å². The summed E-state index contributed by atoms with van der Waals surface area (Å²) in [6, 6.07) is 1.71. The van der Waals surface area contributed by atoms with Crippen molar-refractivity contribution in [1.82, 2.24) is 4.98 Å². The van der Waals surface area contributed by atoms with Gasteiger partial charge in [-0.15, -0.1) is 0 Å². The van der Waals surface area contributed by atoms with Crippen LogP contribution in [-0.2, 0) is 6.42 Å². The number of aromatic nitrogens is 1. The molecule has 0 bridgehead atoms. The molecule has 0 amide bonds. The Bertz CT molecular complexity index is 292. The third kappa shape index (κ3) is 0.964. The highest BCUT2D eigenvalue weighted by Crippen LogP contribution is 2.21. The average Bonchev–Trinajstić information content (AvgIpc) is 2.34. The molecule has 0 spiro atoms. The van der Waals surface area contributed by atoms with Gasteiger partial charge in [0.1, 0.15) is 6.17 Å². The largest absolute Gasteiger partial charge is 0.364 e. The summed E-state index contributed by atoms with van der Waals surface area (Å²) in [4.78, 5) is 14.0. The minimum absolute atomic E-state index is 0.0465. The number of alkyl halides is 1. The number of ketones is 1.